The summed E-state index contributed by atoms with van der Waals surface area (Å²) in [7, 11) is 0. The molecule has 0 spiro atoms. The van der Waals surface area contributed by atoms with Gasteiger partial charge in [0, 0.05) is 23.9 Å². The molecule has 0 fully saturated rings. The van der Waals surface area contributed by atoms with E-state index in [1.54, 1.807) is 12.1 Å². The molecule has 0 aromatic carbocycles. The number of carboxylic acids is 1. The van der Waals surface area contributed by atoms with E-state index in [1.165, 1.54) is 12.3 Å². The van der Waals surface area contributed by atoms with Crippen LogP contribution in [-0.4, -0.2) is 28.0 Å². The minimum Gasteiger partial charge on any atom is -0.478 e. The first kappa shape index (κ1) is 16.9. The highest BCUT2D eigenvalue weighted by atomic mass is 16.4. The molecule has 1 atom stereocenters. The van der Waals surface area contributed by atoms with E-state index < -0.39 is 5.97 Å². The molecule has 5 nitrogen and oxygen atoms in total. The number of hydrogen-bond acceptors (Lipinski definition) is 3. The molecule has 1 aromatic rings. The van der Waals surface area contributed by atoms with Gasteiger partial charge in [-0.15, -0.1) is 0 Å². The van der Waals surface area contributed by atoms with Gasteiger partial charge in [-0.05, 0) is 25.0 Å². The van der Waals surface area contributed by atoms with Crippen LogP contribution in [0.3, 0.4) is 0 Å². The monoisotopic (exact) mass is 290 g/mol. The molecule has 1 amide bonds. The Morgan fingerprint density at radius 2 is 2.05 bits per heavy atom. The fourth-order valence-electron chi connectivity index (χ4n) is 2.29. The average molecular weight is 290 g/mol. The Morgan fingerprint density at radius 3 is 2.62 bits per heavy atom. The van der Waals surface area contributed by atoms with Gasteiger partial charge in [0.15, 0.2) is 0 Å². The van der Waals surface area contributed by atoms with Crippen LogP contribution >= 0.6 is 0 Å². The number of aliphatic carboxylic acids is 1. The molecule has 114 valence electrons. The van der Waals surface area contributed by atoms with Gasteiger partial charge in [-0.3, -0.25) is 9.78 Å². The Labute approximate surface area is 125 Å². The van der Waals surface area contributed by atoms with Crippen molar-refractivity contribution in [2.75, 3.05) is 0 Å². The lowest BCUT2D eigenvalue weighted by molar-refractivity contribution is -0.131. The van der Waals surface area contributed by atoms with Gasteiger partial charge in [-0.25, -0.2) is 4.79 Å². The number of hydrogen-bond donors (Lipinski definition) is 2. The van der Waals surface area contributed by atoms with Gasteiger partial charge >= 0.3 is 5.97 Å². The Hall–Kier alpha value is -2.17. The van der Waals surface area contributed by atoms with Crippen LogP contribution in [-0.2, 0) is 4.79 Å². The van der Waals surface area contributed by atoms with E-state index in [4.69, 9.17) is 5.11 Å². The number of amides is 1. The Morgan fingerprint density at radius 1 is 1.38 bits per heavy atom. The van der Waals surface area contributed by atoms with Crippen molar-refractivity contribution in [3.63, 3.8) is 0 Å². The van der Waals surface area contributed by atoms with Crippen LogP contribution in [0.4, 0.5) is 0 Å². The van der Waals surface area contributed by atoms with Gasteiger partial charge in [0.25, 0.3) is 5.91 Å². The second-order valence-corrected chi connectivity index (χ2v) is 4.95. The molecule has 21 heavy (non-hydrogen) atoms. The molecule has 0 bridgehead atoms. The van der Waals surface area contributed by atoms with Crippen LogP contribution in [0.5, 0.6) is 0 Å². The number of carboxylic acid groups (broad SMARTS) is 1. The quantitative estimate of drug-likeness (QED) is 0.757. The van der Waals surface area contributed by atoms with Gasteiger partial charge in [-0.2, -0.15) is 0 Å². The Bertz CT molecular complexity index is 522. The predicted octanol–water partition coefficient (Wildman–Crippen LogP) is 2.73. The van der Waals surface area contributed by atoms with E-state index in [2.05, 4.69) is 24.1 Å². The predicted molar refractivity (Wildman–Crippen MR) is 81.9 cm³/mol. The summed E-state index contributed by atoms with van der Waals surface area (Å²) in [5, 5.41) is 11.6. The smallest absolute Gasteiger partial charge is 0.328 e. The molecule has 0 aliphatic rings. The first-order chi connectivity index (χ1) is 9.99. The number of nitrogens with one attached hydrogen (secondary N) is 1. The van der Waals surface area contributed by atoms with Crippen molar-refractivity contribution in [3.05, 3.63) is 35.7 Å². The zero-order valence-corrected chi connectivity index (χ0v) is 12.7. The lowest BCUT2D eigenvalue weighted by Crippen LogP contribution is -2.38. The largest absolute Gasteiger partial charge is 0.478 e. The SMILES string of the molecule is CCC(CC)C(C)NC(=O)c1ncccc1/C=C/C(=O)O. The van der Waals surface area contributed by atoms with Crippen LogP contribution in [0.15, 0.2) is 24.4 Å². The molecule has 1 rings (SSSR count). The number of aromatic nitrogens is 1. The minimum absolute atomic E-state index is 0.0470. The maximum Gasteiger partial charge on any atom is 0.328 e. The number of carbonyl (C=O) groups excluding carboxylic acids is 1. The van der Waals surface area contributed by atoms with Gasteiger partial charge < -0.3 is 10.4 Å². The third kappa shape index (κ3) is 5.02. The summed E-state index contributed by atoms with van der Waals surface area (Å²) in [6.45, 7) is 6.17. The van der Waals surface area contributed by atoms with E-state index in [0.29, 0.717) is 11.5 Å². The molecular weight excluding hydrogens is 268 g/mol. The molecule has 1 unspecified atom stereocenters. The summed E-state index contributed by atoms with van der Waals surface area (Å²) >= 11 is 0. The highest BCUT2D eigenvalue weighted by Gasteiger charge is 2.18. The second kappa shape index (κ2) is 8.19. The van der Waals surface area contributed by atoms with Gasteiger partial charge in [0.2, 0.25) is 0 Å². The van der Waals surface area contributed by atoms with E-state index in [-0.39, 0.29) is 17.6 Å². The molecule has 0 saturated heterocycles. The first-order valence-corrected chi connectivity index (χ1v) is 7.16. The van der Waals surface area contributed by atoms with E-state index >= 15 is 0 Å². The lowest BCUT2D eigenvalue weighted by atomic mass is 9.95. The number of carbonyl (C=O) groups is 2. The molecule has 0 saturated carbocycles. The topological polar surface area (TPSA) is 79.3 Å². The van der Waals surface area contributed by atoms with Crippen molar-refractivity contribution in [2.24, 2.45) is 5.92 Å². The zero-order valence-electron chi connectivity index (χ0n) is 12.7. The molecule has 1 heterocycles. The normalized spacial score (nSPS) is 12.6. The van der Waals surface area contributed by atoms with Crippen LogP contribution in [0.2, 0.25) is 0 Å². The lowest BCUT2D eigenvalue weighted by Gasteiger charge is -2.22. The summed E-state index contributed by atoms with van der Waals surface area (Å²) < 4.78 is 0. The molecule has 5 heteroatoms. The third-order valence-electron chi connectivity index (χ3n) is 3.57. The van der Waals surface area contributed by atoms with Gasteiger partial charge in [0.05, 0.1) is 0 Å². The van der Waals surface area contributed by atoms with Crippen molar-refractivity contribution in [1.29, 1.82) is 0 Å². The second-order valence-electron chi connectivity index (χ2n) is 4.95. The highest BCUT2D eigenvalue weighted by Crippen LogP contribution is 2.14. The van der Waals surface area contributed by atoms with E-state index in [1.807, 2.05) is 6.92 Å². The van der Waals surface area contributed by atoms with E-state index in [0.717, 1.165) is 18.9 Å². The summed E-state index contributed by atoms with van der Waals surface area (Å²) in [5.41, 5.74) is 0.738. The summed E-state index contributed by atoms with van der Waals surface area (Å²) in [6.07, 6.45) is 5.89. The fraction of sp³-hybridized carbons (Fsp3) is 0.438. The number of nitrogens with zero attached hydrogens (tertiary/aromatic N) is 1. The van der Waals surface area contributed by atoms with Crippen LogP contribution in [0.1, 0.15) is 49.7 Å². The fourth-order valence-corrected chi connectivity index (χ4v) is 2.29. The third-order valence-corrected chi connectivity index (χ3v) is 3.57. The summed E-state index contributed by atoms with van der Waals surface area (Å²) in [5.74, 6) is -0.925. The Kier molecular flexibility index (Phi) is 6.59. The zero-order chi connectivity index (χ0) is 15.8. The van der Waals surface area contributed by atoms with E-state index in [9.17, 15) is 9.59 Å². The van der Waals surface area contributed by atoms with Gasteiger partial charge in [-0.1, -0.05) is 32.8 Å². The molecular formula is C16H22N2O3. The molecule has 0 aliphatic carbocycles. The minimum atomic E-state index is -1.06. The summed E-state index contributed by atoms with van der Waals surface area (Å²) in [4.78, 5) is 27.0. The maximum absolute atomic E-state index is 12.3. The number of pyridine rings is 1. The summed E-state index contributed by atoms with van der Waals surface area (Å²) in [6, 6.07) is 3.39. The van der Waals surface area contributed by atoms with Crippen LogP contribution in [0, 0.1) is 5.92 Å². The highest BCUT2D eigenvalue weighted by molar-refractivity contribution is 5.97. The molecule has 1 aromatic heterocycles. The van der Waals surface area contributed by atoms with Crippen molar-refractivity contribution in [2.45, 2.75) is 39.7 Å². The molecule has 0 radical (unpaired) electrons. The first-order valence-electron chi connectivity index (χ1n) is 7.16. The van der Waals surface area contributed by atoms with Gasteiger partial charge in [0.1, 0.15) is 5.69 Å². The standard InChI is InChI=1S/C16H22N2O3/c1-4-12(5-2)11(3)18-16(21)15-13(7-6-10-17-15)8-9-14(19)20/h6-12H,4-5H2,1-3H3,(H,18,21)(H,19,20)/b9-8+. The van der Waals surface area contributed by atoms with Crippen molar-refractivity contribution >= 4 is 18.0 Å². The van der Waals surface area contributed by atoms with Crippen LogP contribution in [0.25, 0.3) is 6.08 Å². The maximum atomic E-state index is 12.3. The molecule has 0 aliphatic heterocycles. The number of rotatable bonds is 7. The molecule has 2 N–H and O–H groups in total. The average Bonchev–Trinajstić information content (AvgIpc) is 2.46. The van der Waals surface area contributed by atoms with Crippen molar-refractivity contribution in [3.8, 4) is 0 Å². The van der Waals surface area contributed by atoms with Crippen LogP contribution < -0.4 is 5.32 Å². The van der Waals surface area contributed by atoms with Crippen molar-refractivity contribution in [1.82, 2.24) is 10.3 Å². The Balaban J connectivity index is 2.90. The van der Waals surface area contributed by atoms with Crippen molar-refractivity contribution < 1.29 is 14.7 Å².